The van der Waals surface area contributed by atoms with Gasteiger partial charge in [-0.3, -0.25) is 9.59 Å². The first-order chi connectivity index (χ1) is 10.9. The maximum Gasteiger partial charge on any atom is 0.331 e. The number of nitrogens with one attached hydrogen (secondary N) is 1. The van der Waals surface area contributed by atoms with Crippen molar-refractivity contribution in [1.29, 1.82) is 0 Å². The number of rotatable bonds is 3. The third-order valence-corrected chi connectivity index (χ3v) is 7.30. The third kappa shape index (κ3) is 1.88. The zero-order valence-electron chi connectivity index (χ0n) is 12.2. The maximum atomic E-state index is 12.3. The smallest absolute Gasteiger partial charge is 0.331 e. The predicted octanol–water partition coefficient (Wildman–Crippen LogP) is 1.76. The van der Waals surface area contributed by atoms with Gasteiger partial charge in [0.15, 0.2) is 5.54 Å². The lowest BCUT2D eigenvalue weighted by atomic mass is 10.0. The van der Waals surface area contributed by atoms with Gasteiger partial charge in [-0.25, -0.2) is 4.79 Å². The van der Waals surface area contributed by atoms with Crippen LogP contribution in [0, 0.1) is 0 Å². The summed E-state index contributed by atoms with van der Waals surface area (Å²) in [7, 11) is 0. The van der Waals surface area contributed by atoms with Crippen LogP contribution >= 0.6 is 23.5 Å². The number of hydrogen-bond donors (Lipinski definition) is 2. The Balaban J connectivity index is 1.44. The standard InChI is InChI=1S/C15H14N2O4S2/c1-14-7-15(14,12(19)20)17-10(18)9(11(17)23-14)16-13(21)22-8-5-3-2-4-6-8/h2-6,9,11H,7H2,1H3,(H,16,21)(H,19,20)/t9?,11-,14?,15?/m1/s1. The van der Waals surface area contributed by atoms with Crippen molar-refractivity contribution in [2.24, 2.45) is 0 Å². The minimum atomic E-state index is -1.08. The molecule has 1 aromatic carbocycles. The first kappa shape index (κ1) is 14.9. The second-order valence-electron chi connectivity index (χ2n) is 6.11. The summed E-state index contributed by atoms with van der Waals surface area (Å²) < 4.78 is -0.439. The number of carbonyl (C=O) groups excluding carboxylic acids is 2. The van der Waals surface area contributed by atoms with Crippen LogP contribution in [-0.2, 0) is 9.59 Å². The van der Waals surface area contributed by atoms with Gasteiger partial charge in [0, 0.05) is 11.3 Å². The molecule has 6 nitrogen and oxygen atoms in total. The van der Waals surface area contributed by atoms with Crippen molar-refractivity contribution < 1.29 is 19.5 Å². The van der Waals surface area contributed by atoms with Gasteiger partial charge < -0.3 is 15.3 Å². The second-order valence-corrected chi connectivity index (χ2v) is 8.78. The average Bonchev–Trinajstić information content (AvgIpc) is 3.04. The minimum absolute atomic E-state index is 0.280. The molecule has 4 atom stereocenters. The van der Waals surface area contributed by atoms with Crippen LogP contribution in [0.3, 0.4) is 0 Å². The summed E-state index contributed by atoms with van der Waals surface area (Å²) in [5.74, 6) is -1.25. The summed E-state index contributed by atoms with van der Waals surface area (Å²) in [4.78, 5) is 38.3. The molecule has 0 bridgehead atoms. The number of carboxylic acids is 1. The molecule has 0 aromatic heterocycles. The van der Waals surface area contributed by atoms with Gasteiger partial charge in [-0.2, -0.15) is 0 Å². The van der Waals surface area contributed by atoms with E-state index in [9.17, 15) is 19.5 Å². The fourth-order valence-corrected chi connectivity index (χ4v) is 6.08. The Morgan fingerprint density at radius 3 is 2.74 bits per heavy atom. The van der Waals surface area contributed by atoms with Gasteiger partial charge in [0.05, 0.1) is 4.75 Å². The molecule has 0 radical (unpaired) electrons. The lowest BCUT2D eigenvalue weighted by Gasteiger charge is -2.45. The number of carbonyl (C=O) groups is 3. The van der Waals surface area contributed by atoms with E-state index in [-0.39, 0.29) is 16.5 Å². The number of aliphatic carboxylic acids is 1. The zero-order valence-corrected chi connectivity index (χ0v) is 13.8. The van der Waals surface area contributed by atoms with Gasteiger partial charge in [0.25, 0.3) is 5.24 Å². The first-order valence-electron chi connectivity index (χ1n) is 7.17. The van der Waals surface area contributed by atoms with E-state index in [2.05, 4.69) is 5.32 Å². The molecule has 2 saturated heterocycles. The van der Waals surface area contributed by atoms with E-state index in [1.165, 1.54) is 16.7 Å². The van der Waals surface area contributed by atoms with Crippen molar-refractivity contribution in [1.82, 2.24) is 10.2 Å². The Labute approximate surface area is 141 Å². The molecule has 3 fully saturated rings. The summed E-state index contributed by atoms with van der Waals surface area (Å²) in [6.07, 6.45) is 0.474. The largest absolute Gasteiger partial charge is 0.479 e. The summed E-state index contributed by atoms with van der Waals surface area (Å²) in [5, 5.41) is 11.6. The summed E-state index contributed by atoms with van der Waals surface area (Å²) in [6, 6.07) is 8.54. The van der Waals surface area contributed by atoms with Crippen LogP contribution in [0.4, 0.5) is 4.79 Å². The number of β-lactam (4-membered cyclic amide) rings is 1. The average molecular weight is 350 g/mol. The molecule has 120 valence electrons. The fraction of sp³-hybridized carbons (Fsp3) is 0.400. The molecule has 1 aromatic rings. The number of thioether (sulfide) groups is 2. The molecular formula is C15H14N2O4S2. The molecule has 2 amide bonds. The Bertz CT molecular complexity index is 727. The van der Waals surface area contributed by atoms with Crippen LogP contribution in [0.15, 0.2) is 35.2 Å². The monoisotopic (exact) mass is 350 g/mol. The highest BCUT2D eigenvalue weighted by Crippen LogP contribution is 2.71. The Hall–Kier alpha value is -1.67. The molecule has 1 saturated carbocycles. The number of benzene rings is 1. The second kappa shape index (κ2) is 4.67. The topological polar surface area (TPSA) is 86.7 Å². The van der Waals surface area contributed by atoms with Gasteiger partial charge in [-0.15, -0.1) is 11.8 Å². The molecule has 4 rings (SSSR count). The molecule has 2 N–H and O–H groups in total. The highest BCUT2D eigenvalue weighted by molar-refractivity contribution is 8.13. The van der Waals surface area contributed by atoms with Gasteiger partial charge in [0.1, 0.15) is 11.4 Å². The van der Waals surface area contributed by atoms with Crippen molar-refractivity contribution in [3.05, 3.63) is 30.3 Å². The van der Waals surface area contributed by atoms with E-state index in [0.717, 1.165) is 16.7 Å². The first-order valence-corrected chi connectivity index (χ1v) is 8.86. The number of carboxylic acid groups (broad SMARTS) is 1. The summed E-state index contributed by atoms with van der Waals surface area (Å²) in [5.41, 5.74) is -1.08. The van der Waals surface area contributed by atoms with Crippen molar-refractivity contribution in [2.75, 3.05) is 0 Å². The third-order valence-electron chi connectivity index (χ3n) is 4.76. The van der Waals surface area contributed by atoms with Gasteiger partial charge in [-0.1, -0.05) is 18.2 Å². The van der Waals surface area contributed by atoms with Crippen LogP contribution in [0.1, 0.15) is 13.3 Å². The highest BCUT2D eigenvalue weighted by atomic mass is 32.2. The van der Waals surface area contributed by atoms with Gasteiger partial charge in [0.2, 0.25) is 5.91 Å². The van der Waals surface area contributed by atoms with Crippen LogP contribution in [0.5, 0.6) is 0 Å². The molecule has 3 unspecified atom stereocenters. The molecule has 1 aliphatic carbocycles. The van der Waals surface area contributed by atoms with Crippen molar-refractivity contribution >= 4 is 40.6 Å². The van der Waals surface area contributed by atoms with Crippen LogP contribution in [-0.4, -0.2) is 48.8 Å². The van der Waals surface area contributed by atoms with E-state index in [4.69, 9.17) is 0 Å². The molecule has 8 heteroatoms. The van der Waals surface area contributed by atoms with E-state index < -0.39 is 22.3 Å². The Kier molecular flexibility index (Phi) is 3.02. The lowest BCUT2D eigenvalue weighted by molar-refractivity contribution is -0.162. The number of hydrogen-bond acceptors (Lipinski definition) is 5. The van der Waals surface area contributed by atoms with Crippen molar-refractivity contribution in [3.8, 4) is 0 Å². The molecule has 23 heavy (non-hydrogen) atoms. The number of nitrogens with zero attached hydrogens (tertiary/aromatic N) is 1. The highest BCUT2D eigenvalue weighted by Gasteiger charge is 2.85. The minimum Gasteiger partial charge on any atom is -0.479 e. The zero-order chi connectivity index (χ0) is 16.4. The SMILES string of the molecule is CC12CC1(C(=O)O)N1C(=O)C(NC(=O)Sc3ccccc3)[C@H]1S2. The molecule has 2 heterocycles. The Morgan fingerprint density at radius 1 is 1.39 bits per heavy atom. The van der Waals surface area contributed by atoms with Crippen LogP contribution in [0.2, 0.25) is 0 Å². The van der Waals surface area contributed by atoms with E-state index in [1.54, 1.807) is 0 Å². The van der Waals surface area contributed by atoms with Crippen molar-refractivity contribution in [3.63, 3.8) is 0 Å². The lowest BCUT2D eigenvalue weighted by Crippen LogP contribution is -2.71. The van der Waals surface area contributed by atoms with Crippen molar-refractivity contribution in [2.45, 2.75) is 39.9 Å². The fourth-order valence-electron chi connectivity index (χ4n) is 3.47. The molecule has 2 aliphatic heterocycles. The van der Waals surface area contributed by atoms with Crippen LogP contribution in [0.25, 0.3) is 0 Å². The predicted molar refractivity (Wildman–Crippen MR) is 86.2 cm³/mol. The van der Waals surface area contributed by atoms with E-state index >= 15 is 0 Å². The quantitative estimate of drug-likeness (QED) is 0.638. The van der Waals surface area contributed by atoms with Crippen LogP contribution < -0.4 is 5.32 Å². The maximum absolute atomic E-state index is 12.3. The van der Waals surface area contributed by atoms with E-state index in [1.807, 2.05) is 37.3 Å². The molecule has 3 aliphatic rings. The number of fused-ring (bicyclic) bond motifs is 3. The molecular weight excluding hydrogens is 336 g/mol. The van der Waals surface area contributed by atoms with Gasteiger partial charge in [-0.05, 0) is 30.8 Å². The van der Waals surface area contributed by atoms with Gasteiger partial charge >= 0.3 is 5.97 Å². The van der Waals surface area contributed by atoms with E-state index in [0.29, 0.717) is 6.42 Å². The molecule has 0 spiro atoms. The summed E-state index contributed by atoms with van der Waals surface area (Å²) >= 11 is 2.51. The number of amides is 2. The summed E-state index contributed by atoms with van der Waals surface area (Å²) in [6.45, 7) is 1.87. The Morgan fingerprint density at radius 2 is 2.09 bits per heavy atom. The normalized spacial score (nSPS) is 36.7.